The van der Waals surface area contributed by atoms with Crippen molar-refractivity contribution in [3.8, 4) is 0 Å². The summed E-state index contributed by atoms with van der Waals surface area (Å²) in [7, 11) is 1.38. The molecule has 1 N–H and O–H groups in total. The van der Waals surface area contributed by atoms with Crippen LogP contribution in [0, 0.1) is 6.92 Å². The lowest BCUT2D eigenvalue weighted by Gasteiger charge is -2.08. The van der Waals surface area contributed by atoms with Gasteiger partial charge in [0.05, 0.1) is 12.7 Å². The number of benzene rings is 1. The molecule has 16 heavy (non-hydrogen) atoms. The first-order valence-electron chi connectivity index (χ1n) is 5.62. The third kappa shape index (κ3) is 3.93. The van der Waals surface area contributed by atoms with E-state index in [0.29, 0.717) is 5.56 Å². The zero-order valence-electron chi connectivity index (χ0n) is 10.8. The standard InChI is InChI=1S/C11H15NO2.C2H6/c1-4-12-10-7-9(11(13)14-3)6-5-8(10)2;1-2/h5-7,12H,4H2,1-3H3;1-2H3. The van der Waals surface area contributed by atoms with Crippen LogP contribution in [0.3, 0.4) is 0 Å². The summed E-state index contributed by atoms with van der Waals surface area (Å²) in [6.45, 7) is 8.86. The molecule has 0 aliphatic heterocycles. The minimum Gasteiger partial charge on any atom is -0.465 e. The van der Waals surface area contributed by atoms with Gasteiger partial charge in [-0.1, -0.05) is 19.9 Å². The second-order valence-corrected chi connectivity index (χ2v) is 3.05. The first-order chi connectivity index (χ1) is 7.69. The predicted octanol–water partition coefficient (Wildman–Crippen LogP) is 3.24. The Balaban J connectivity index is 0.00000106. The Morgan fingerprint density at radius 1 is 1.38 bits per heavy atom. The number of hydrogen-bond donors (Lipinski definition) is 1. The van der Waals surface area contributed by atoms with Gasteiger partial charge in [-0.05, 0) is 31.5 Å². The molecule has 3 nitrogen and oxygen atoms in total. The number of rotatable bonds is 3. The minimum atomic E-state index is -0.302. The molecule has 0 atom stereocenters. The van der Waals surface area contributed by atoms with E-state index in [4.69, 9.17) is 0 Å². The fraction of sp³-hybridized carbons (Fsp3) is 0.462. The van der Waals surface area contributed by atoms with Crippen LogP contribution >= 0.6 is 0 Å². The van der Waals surface area contributed by atoms with Gasteiger partial charge < -0.3 is 10.1 Å². The molecule has 1 rings (SSSR count). The first kappa shape index (κ1) is 14.5. The fourth-order valence-electron chi connectivity index (χ4n) is 1.25. The van der Waals surface area contributed by atoms with Crippen LogP contribution in [0.15, 0.2) is 18.2 Å². The van der Waals surface area contributed by atoms with E-state index in [2.05, 4.69) is 10.1 Å². The molecule has 0 aliphatic carbocycles. The van der Waals surface area contributed by atoms with Crippen LogP contribution < -0.4 is 5.32 Å². The summed E-state index contributed by atoms with van der Waals surface area (Å²) in [5.41, 5.74) is 2.68. The molecular formula is C13H21NO2. The smallest absolute Gasteiger partial charge is 0.337 e. The van der Waals surface area contributed by atoms with Gasteiger partial charge >= 0.3 is 5.97 Å². The van der Waals surface area contributed by atoms with Gasteiger partial charge in [0.2, 0.25) is 0 Å². The summed E-state index contributed by atoms with van der Waals surface area (Å²) >= 11 is 0. The Labute approximate surface area is 97.8 Å². The Kier molecular flexibility index (Phi) is 7.01. The lowest BCUT2D eigenvalue weighted by atomic mass is 10.1. The van der Waals surface area contributed by atoms with Crippen LogP contribution in [0.5, 0.6) is 0 Å². The van der Waals surface area contributed by atoms with E-state index in [-0.39, 0.29) is 5.97 Å². The molecule has 0 saturated carbocycles. The SMILES string of the molecule is CC.CCNc1cc(C(=O)OC)ccc1C. The molecule has 0 heterocycles. The predicted molar refractivity (Wildman–Crippen MR) is 68.0 cm³/mol. The monoisotopic (exact) mass is 223 g/mol. The molecule has 90 valence electrons. The van der Waals surface area contributed by atoms with Crippen LogP contribution in [0.1, 0.15) is 36.7 Å². The van der Waals surface area contributed by atoms with Crippen molar-refractivity contribution in [2.24, 2.45) is 0 Å². The molecule has 0 aromatic heterocycles. The van der Waals surface area contributed by atoms with E-state index in [1.54, 1.807) is 6.07 Å². The Bertz CT molecular complexity index is 335. The first-order valence-corrected chi connectivity index (χ1v) is 5.62. The van der Waals surface area contributed by atoms with Crippen molar-refractivity contribution in [3.63, 3.8) is 0 Å². The maximum absolute atomic E-state index is 11.2. The number of anilines is 1. The molecule has 3 heteroatoms. The van der Waals surface area contributed by atoms with Crippen LogP contribution in [0.25, 0.3) is 0 Å². The number of carbonyl (C=O) groups is 1. The van der Waals surface area contributed by atoms with Crippen molar-refractivity contribution in [1.82, 2.24) is 0 Å². The van der Waals surface area contributed by atoms with Crippen LogP contribution in [0.4, 0.5) is 5.69 Å². The number of esters is 1. The maximum Gasteiger partial charge on any atom is 0.337 e. The fourth-order valence-corrected chi connectivity index (χ4v) is 1.25. The van der Waals surface area contributed by atoms with Crippen LogP contribution in [-0.4, -0.2) is 19.6 Å². The quantitative estimate of drug-likeness (QED) is 0.799. The van der Waals surface area contributed by atoms with Gasteiger partial charge in [-0.3, -0.25) is 0 Å². The topological polar surface area (TPSA) is 38.3 Å². The normalized spacial score (nSPS) is 8.81. The van der Waals surface area contributed by atoms with E-state index >= 15 is 0 Å². The lowest BCUT2D eigenvalue weighted by molar-refractivity contribution is 0.0601. The largest absolute Gasteiger partial charge is 0.465 e. The van der Waals surface area contributed by atoms with Gasteiger partial charge in [0.1, 0.15) is 0 Å². The van der Waals surface area contributed by atoms with Crippen molar-refractivity contribution in [2.45, 2.75) is 27.7 Å². The molecule has 0 bridgehead atoms. The molecular weight excluding hydrogens is 202 g/mol. The van der Waals surface area contributed by atoms with Crippen LogP contribution in [0.2, 0.25) is 0 Å². The van der Waals surface area contributed by atoms with Gasteiger partial charge in [0, 0.05) is 12.2 Å². The van der Waals surface area contributed by atoms with E-state index in [9.17, 15) is 4.79 Å². The molecule has 0 amide bonds. The molecule has 0 unspecified atom stereocenters. The van der Waals surface area contributed by atoms with Gasteiger partial charge in [0.25, 0.3) is 0 Å². The van der Waals surface area contributed by atoms with E-state index in [1.165, 1.54) is 7.11 Å². The number of hydrogen-bond acceptors (Lipinski definition) is 3. The number of nitrogens with one attached hydrogen (secondary N) is 1. The highest BCUT2D eigenvalue weighted by molar-refractivity contribution is 5.90. The maximum atomic E-state index is 11.2. The number of carbonyl (C=O) groups excluding carboxylic acids is 1. The third-order valence-corrected chi connectivity index (χ3v) is 2.03. The number of ether oxygens (including phenoxy) is 1. The summed E-state index contributed by atoms with van der Waals surface area (Å²) in [5.74, 6) is -0.302. The average molecular weight is 223 g/mol. The third-order valence-electron chi connectivity index (χ3n) is 2.03. The number of aryl methyl sites for hydroxylation is 1. The van der Waals surface area contributed by atoms with Crippen molar-refractivity contribution in [3.05, 3.63) is 29.3 Å². The summed E-state index contributed by atoms with van der Waals surface area (Å²) in [5, 5.41) is 3.19. The second-order valence-electron chi connectivity index (χ2n) is 3.05. The van der Waals surface area contributed by atoms with Crippen LogP contribution in [-0.2, 0) is 4.74 Å². The summed E-state index contributed by atoms with van der Waals surface area (Å²) in [4.78, 5) is 11.2. The summed E-state index contributed by atoms with van der Waals surface area (Å²) in [6.07, 6.45) is 0. The van der Waals surface area contributed by atoms with Crippen molar-refractivity contribution in [2.75, 3.05) is 19.0 Å². The van der Waals surface area contributed by atoms with Crippen molar-refractivity contribution < 1.29 is 9.53 Å². The Morgan fingerprint density at radius 2 is 2.00 bits per heavy atom. The van der Waals surface area contributed by atoms with Gasteiger partial charge in [-0.15, -0.1) is 0 Å². The second kappa shape index (κ2) is 7.74. The number of methoxy groups -OCH3 is 1. The van der Waals surface area contributed by atoms with E-state index in [0.717, 1.165) is 17.8 Å². The molecule has 0 radical (unpaired) electrons. The molecule has 1 aromatic rings. The lowest BCUT2D eigenvalue weighted by Crippen LogP contribution is -2.04. The highest BCUT2D eigenvalue weighted by atomic mass is 16.5. The zero-order chi connectivity index (χ0) is 12.6. The molecule has 0 aliphatic rings. The van der Waals surface area contributed by atoms with Gasteiger partial charge in [-0.2, -0.15) is 0 Å². The highest BCUT2D eigenvalue weighted by Gasteiger charge is 2.06. The average Bonchev–Trinajstić information content (AvgIpc) is 2.34. The highest BCUT2D eigenvalue weighted by Crippen LogP contribution is 2.17. The zero-order valence-corrected chi connectivity index (χ0v) is 10.8. The minimum absolute atomic E-state index is 0.302. The van der Waals surface area contributed by atoms with Crippen molar-refractivity contribution in [1.29, 1.82) is 0 Å². The van der Waals surface area contributed by atoms with Gasteiger partial charge in [0.15, 0.2) is 0 Å². The molecule has 1 aromatic carbocycles. The Hall–Kier alpha value is -1.51. The molecule has 0 saturated heterocycles. The van der Waals surface area contributed by atoms with E-state index < -0.39 is 0 Å². The summed E-state index contributed by atoms with van der Waals surface area (Å²) in [6, 6.07) is 5.48. The molecule has 0 spiro atoms. The molecule has 0 fully saturated rings. The Morgan fingerprint density at radius 3 is 2.50 bits per heavy atom. The summed E-state index contributed by atoms with van der Waals surface area (Å²) < 4.78 is 4.64. The van der Waals surface area contributed by atoms with Gasteiger partial charge in [-0.25, -0.2) is 4.79 Å². The van der Waals surface area contributed by atoms with E-state index in [1.807, 2.05) is 39.8 Å². The van der Waals surface area contributed by atoms with Crippen molar-refractivity contribution >= 4 is 11.7 Å².